The van der Waals surface area contributed by atoms with E-state index in [-0.39, 0.29) is 29.4 Å². The Bertz CT molecular complexity index is 1310. The van der Waals surface area contributed by atoms with Crippen molar-refractivity contribution in [1.29, 1.82) is 0 Å². The molecule has 7 nitrogen and oxygen atoms in total. The van der Waals surface area contributed by atoms with Crippen molar-refractivity contribution in [3.63, 3.8) is 0 Å². The molecule has 0 unspecified atom stereocenters. The summed E-state index contributed by atoms with van der Waals surface area (Å²) in [7, 11) is 0. The maximum Gasteiger partial charge on any atom is 0.339 e. The number of aromatic nitrogens is 1. The summed E-state index contributed by atoms with van der Waals surface area (Å²) in [5, 5.41) is 0. The van der Waals surface area contributed by atoms with Crippen LogP contribution in [0.3, 0.4) is 0 Å². The van der Waals surface area contributed by atoms with Crippen molar-refractivity contribution in [2.75, 3.05) is 13.2 Å². The molecule has 0 saturated heterocycles. The molecular weight excluding hydrogens is 446 g/mol. The summed E-state index contributed by atoms with van der Waals surface area (Å²) in [6.07, 6.45) is 1.58. The van der Waals surface area contributed by atoms with Crippen LogP contribution in [0.5, 0.6) is 11.5 Å². The van der Waals surface area contributed by atoms with Gasteiger partial charge in [0.1, 0.15) is 0 Å². The van der Waals surface area contributed by atoms with Crippen LogP contribution < -0.4 is 9.47 Å². The highest BCUT2D eigenvalue weighted by atomic mass is 16.5. The van der Waals surface area contributed by atoms with E-state index >= 15 is 0 Å². The number of benzene rings is 3. The largest absolute Gasteiger partial charge is 0.490 e. The highest BCUT2D eigenvalue weighted by molar-refractivity contribution is 6.14. The summed E-state index contributed by atoms with van der Waals surface area (Å²) >= 11 is 0. The second-order valence-corrected chi connectivity index (χ2v) is 7.46. The fourth-order valence-electron chi connectivity index (χ4n) is 3.52. The van der Waals surface area contributed by atoms with Crippen molar-refractivity contribution in [2.24, 2.45) is 0 Å². The van der Waals surface area contributed by atoms with Gasteiger partial charge in [-0.3, -0.25) is 4.79 Å². The molecule has 1 aromatic heterocycles. The number of carbonyl (C=O) groups is 2. The molecule has 0 aliphatic heterocycles. The number of hydrogen-bond donors (Lipinski definition) is 0. The van der Waals surface area contributed by atoms with Gasteiger partial charge < -0.3 is 18.6 Å². The fraction of sp³-hybridized carbons (Fsp3) is 0.179. The molecule has 4 aromatic rings. The molecule has 0 spiro atoms. The van der Waals surface area contributed by atoms with E-state index in [1.165, 1.54) is 0 Å². The Labute approximate surface area is 203 Å². The van der Waals surface area contributed by atoms with E-state index in [2.05, 4.69) is 4.98 Å². The van der Waals surface area contributed by atoms with Gasteiger partial charge in [-0.05, 0) is 38.1 Å². The Hall–Kier alpha value is -4.39. The molecule has 0 radical (unpaired) electrons. The second kappa shape index (κ2) is 11.2. The lowest BCUT2D eigenvalue weighted by Crippen LogP contribution is -2.13. The van der Waals surface area contributed by atoms with E-state index < -0.39 is 5.97 Å². The molecule has 0 bridgehead atoms. The average molecular weight is 472 g/mol. The van der Waals surface area contributed by atoms with Gasteiger partial charge in [-0.1, -0.05) is 48.5 Å². The monoisotopic (exact) mass is 471 g/mol. The molecule has 4 rings (SSSR count). The maximum atomic E-state index is 13.3. The maximum absolute atomic E-state index is 13.3. The Morgan fingerprint density at radius 2 is 1.51 bits per heavy atom. The third-order valence-electron chi connectivity index (χ3n) is 5.14. The summed E-state index contributed by atoms with van der Waals surface area (Å²) in [5.41, 5.74) is 1.62. The first-order valence-corrected chi connectivity index (χ1v) is 11.3. The van der Waals surface area contributed by atoms with Crippen LogP contribution in [0.1, 0.15) is 46.0 Å². The number of nitrogens with zero attached hydrogens (tertiary/aromatic N) is 1. The van der Waals surface area contributed by atoms with Crippen molar-refractivity contribution >= 4 is 11.8 Å². The summed E-state index contributed by atoms with van der Waals surface area (Å²) in [4.78, 5) is 30.3. The number of ketones is 1. The number of hydrogen-bond acceptors (Lipinski definition) is 7. The summed E-state index contributed by atoms with van der Waals surface area (Å²) in [5.74, 6) is 0.882. The lowest BCUT2D eigenvalue weighted by molar-refractivity contribution is 0.0436. The van der Waals surface area contributed by atoms with Gasteiger partial charge in [0.15, 0.2) is 29.6 Å². The minimum absolute atomic E-state index is 0.152. The first-order chi connectivity index (χ1) is 17.1. The molecule has 0 atom stereocenters. The topological polar surface area (TPSA) is 87.9 Å². The minimum Gasteiger partial charge on any atom is -0.490 e. The zero-order chi connectivity index (χ0) is 24.6. The number of esters is 1. The highest BCUT2D eigenvalue weighted by Gasteiger charge is 2.21. The highest BCUT2D eigenvalue weighted by Crippen LogP contribution is 2.30. The summed E-state index contributed by atoms with van der Waals surface area (Å²) < 4.78 is 22.3. The van der Waals surface area contributed by atoms with E-state index in [9.17, 15) is 9.59 Å². The number of ether oxygens (including phenoxy) is 3. The molecule has 3 aromatic carbocycles. The first-order valence-electron chi connectivity index (χ1n) is 11.3. The smallest absolute Gasteiger partial charge is 0.339 e. The van der Waals surface area contributed by atoms with E-state index in [0.29, 0.717) is 36.0 Å². The molecule has 0 N–H and O–H groups in total. The van der Waals surface area contributed by atoms with Crippen molar-refractivity contribution < 1.29 is 28.2 Å². The van der Waals surface area contributed by atoms with Crippen LogP contribution in [-0.2, 0) is 11.3 Å². The average Bonchev–Trinajstić information content (AvgIpc) is 3.38. The van der Waals surface area contributed by atoms with Crippen molar-refractivity contribution in [3.05, 3.63) is 102 Å². The second-order valence-electron chi connectivity index (χ2n) is 7.46. The third kappa shape index (κ3) is 5.58. The van der Waals surface area contributed by atoms with Gasteiger partial charge in [-0.15, -0.1) is 0 Å². The predicted octanol–water partition coefficient (Wildman–Crippen LogP) is 5.73. The summed E-state index contributed by atoms with van der Waals surface area (Å²) in [6.45, 7) is 4.46. The predicted molar refractivity (Wildman–Crippen MR) is 130 cm³/mol. The van der Waals surface area contributed by atoms with Gasteiger partial charge in [-0.2, -0.15) is 0 Å². The first kappa shape index (κ1) is 23.8. The van der Waals surface area contributed by atoms with Crippen molar-refractivity contribution in [3.8, 4) is 22.8 Å². The van der Waals surface area contributed by atoms with Crippen LogP contribution in [0.15, 0.2) is 83.4 Å². The van der Waals surface area contributed by atoms with Gasteiger partial charge in [0.05, 0.1) is 25.0 Å². The quantitative estimate of drug-likeness (QED) is 0.216. The van der Waals surface area contributed by atoms with E-state index in [1.54, 1.807) is 48.7 Å². The van der Waals surface area contributed by atoms with Crippen LogP contribution in [-0.4, -0.2) is 30.0 Å². The van der Waals surface area contributed by atoms with Crippen molar-refractivity contribution in [1.82, 2.24) is 4.98 Å². The lowest BCUT2D eigenvalue weighted by atomic mass is 9.98. The van der Waals surface area contributed by atoms with Gasteiger partial charge in [-0.25, -0.2) is 9.78 Å². The SMILES string of the molecule is CCOc1ccc(C(=O)c2ccccc2C(=O)OCc2ncc(-c3ccccc3)o2)cc1OCC. The summed E-state index contributed by atoms with van der Waals surface area (Å²) in [6, 6.07) is 21.0. The Kier molecular flexibility index (Phi) is 7.57. The molecule has 0 aliphatic rings. The van der Waals surface area contributed by atoms with Crippen molar-refractivity contribution in [2.45, 2.75) is 20.5 Å². The van der Waals surface area contributed by atoms with Crippen LogP contribution in [0, 0.1) is 0 Å². The van der Waals surface area contributed by atoms with Gasteiger partial charge in [0.2, 0.25) is 5.89 Å². The molecule has 0 amide bonds. The molecule has 35 heavy (non-hydrogen) atoms. The lowest BCUT2D eigenvalue weighted by Gasteiger charge is -2.13. The normalized spacial score (nSPS) is 10.6. The number of oxazole rings is 1. The van der Waals surface area contributed by atoms with E-state index in [1.807, 2.05) is 44.2 Å². The fourth-order valence-corrected chi connectivity index (χ4v) is 3.52. The molecule has 1 heterocycles. The Morgan fingerprint density at radius 3 is 2.26 bits per heavy atom. The van der Waals surface area contributed by atoms with Crippen LogP contribution in [0.25, 0.3) is 11.3 Å². The molecule has 0 fully saturated rings. The Morgan fingerprint density at radius 1 is 0.829 bits per heavy atom. The Balaban J connectivity index is 1.51. The minimum atomic E-state index is -0.649. The van der Waals surface area contributed by atoms with Crippen LogP contribution >= 0.6 is 0 Å². The standard InChI is InChI=1S/C28H25NO6/c1-3-32-23-15-14-20(16-24(23)33-4-2)27(30)21-12-8-9-13-22(21)28(31)34-18-26-29-17-25(35-26)19-10-6-5-7-11-19/h5-17H,3-4,18H2,1-2H3. The van der Waals surface area contributed by atoms with Crippen LogP contribution in [0.4, 0.5) is 0 Å². The molecule has 0 aliphatic carbocycles. The third-order valence-corrected chi connectivity index (χ3v) is 5.14. The number of carbonyl (C=O) groups excluding carboxylic acids is 2. The van der Waals surface area contributed by atoms with E-state index in [4.69, 9.17) is 18.6 Å². The zero-order valence-corrected chi connectivity index (χ0v) is 19.5. The molecule has 7 heteroatoms. The molecule has 0 saturated carbocycles. The van der Waals surface area contributed by atoms with Gasteiger partial charge in [0, 0.05) is 16.7 Å². The van der Waals surface area contributed by atoms with Crippen LogP contribution in [0.2, 0.25) is 0 Å². The van der Waals surface area contributed by atoms with Gasteiger partial charge in [0.25, 0.3) is 0 Å². The molecule has 178 valence electrons. The van der Waals surface area contributed by atoms with E-state index in [0.717, 1.165) is 5.56 Å². The van der Waals surface area contributed by atoms with Gasteiger partial charge >= 0.3 is 5.97 Å². The molecular formula is C28H25NO6. The zero-order valence-electron chi connectivity index (χ0n) is 19.5. The number of rotatable bonds is 10.